The van der Waals surface area contributed by atoms with Gasteiger partial charge >= 0.3 is 5.88 Å². The Balaban J connectivity index is 2.05. The largest absolute Gasteiger partial charge is 0.497 e. The highest BCUT2D eigenvalue weighted by Gasteiger charge is 2.11. The molecule has 0 aliphatic heterocycles. The van der Waals surface area contributed by atoms with Crippen LogP contribution in [0.2, 0.25) is 0 Å². The van der Waals surface area contributed by atoms with Crippen LogP contribution in [0.1, 0.15) is 5.76 Å². The Labute approximate surface area is 117 Å². The number of halogens is 1. The number of anilines is 1. The maximum absolute atomic E-state index is 10.5. The Morgan fingerprint density at radius 1 is 1.42 bits per heavy atom. The van der Waals surface area contributed by atoms with Gasteiger partial charge in [0.1, 0.15) is 16.4 Å². The number of methoxy groups -OCH3 is 1. The number of rotatable bonds is 5. The first-order valence-electron chi connectivity index (χ1n) is 5.40. The highest BCUT2D eigenvalue weighted by atomic mass is 79.9. The molecule has 7 heteroatoms. The average Bonchev–Trinajstić information content (AvgIpc) is 2.84. The van der Waals surface area contributed by atoms with Gasteiger partial charge in [0.15, 0.2) is 0 Å². The summed E-state index contributed by atoms with van der Waals surface area (Å²) in [6.07, 6.45) is 0. The number of furan rings is 1. The van der Waals surface area contributed by atoms with E-state index in [1.807, 2.05) is 18.2 Å². The second-order valence-corrected chi connectivity index (χ2v) is 4.65. The lowest BCUT2D eigenvalue weighted by atomic mass is 10.3. The van der Waals surface area contributed by atoms with Gasteiger partial charge in [0.2, 0.25) is 0 Å². The van der Waals surface area contributed by atoms with Gasteiger partial charge in [-0.25, -0.2) is 0 Å². The summed E-state index contributed by atoms with van der Waals surface area (Å²) in [7, 11) is 1.58. The van der Waals surface area contributed by atoms with Gasteiger partial charge < -0.3 is 14.5 Å². The lowest BCUT2D eigenvalue weighted by Gasteiger charge is -2.07. The zero-order valence-electron chi connectivity index (χ0n) is 10.1. The van der Waals surface area contributed by atoms with Gasteiger partial charge in [0.05, 0.1) is 19.7 Å². The summed E-state index contributed by atoms with van der Waals surface area (Å²) in [4.78, 5) is 9.92. The van der Waals surface area contributed by atoms with E-state index in [9.17, 15) is 10.1 Å². The first-order valence-corrected chi connectivity index (χ1v) is 6.19. The third-order valence-electron chi connectivity index (χ3n) is 2.40. The van der Waals surface area contributed by atoms with Crippen molar-refractivity contribution in [3.05, 3.63) is 50.7 Å². The summed E-state index contributed by atoms with van der Waals surface area (Å²) < 4.78 is 11.1. The zero-order valence-corrected chi connectivity index (χ0v) is 11.6. The molecule has 19 heavy (non-hydrogen) atoms. The Morgan fingerprint density at radius 2 is 2.21 bits per heavy atom. The third-order valence-corrected chi connectivity index (χ3v) is 2.86. The third kappa shape index (κ3) is 3.47. The molecule has 0 spiro atoms. The van der Waals surface area contributed by atoms with E-state index in [1.54, 1.807) is 13.2 Å². The molecular weight excluding hydrogens is 316 g/mol. The van der Waals surface area contributed by atoms with E-state index >= 15 is 0 Å². The number of hydrogen-bond acceptors (Lipinski definition) is 5. The molecule has 0 fully saturated rings. The van der Waals surface area contributed by atoms with Crippen LogP contribution < -0.4 is 10.1 Å². The van der Waals surface area contributed by atoms with Crippen molar-refractivity contribution in [2.24, 2.45) is 0 Å². The van der Waals surface area contributed by atoms with Crippen molar-refractivity contribution in [1.82, 2.24) is 0 Å². The van der Waals surface area contributed by atoms with E-state index in [-0.39, 0.29) is 5.88 Å². The monoisotopic (exact) mass is 326 g/mol. The SMILES string of the molecule is COc1cc(Br)cc(NCc2ccc([N+](=O)[O-])o2)c1. The van der Waals surface area contributed by atoms with Gasteiger partial charge in [-0.05, 0) is 18.2 Å². The Bertz CT molecular complexity index is 597. The Kier molecular flexibility index (Phi) is 4.06. The maximum Gasteiger partial charge on any atom is 0.433 e. The van der Waals surface area contributed by atoms with Crippen molar-refractivity contribution in [3.63, 3.8) is 0 Å². The maximum atomic E-state index is 10.5. The lowest BCUT2D eigenvalue weighted by molar-refractivity contribution is -0.402. The molecule has 1 aromatic heterocycles. The molecule has 2 aromatic rings. The molecule has 0 radical (unpaired) electrons. The van der Waals surface area contributed by atoms with Crippen molar-refractivity contribution in [2.45, 2.75) is 6.54 Å². The smallest absolute Gasteiger partial charge is 0.433 e. The molecule has 0 aliphatic carbocycles. The van der Waals surface area contributed by atoms with Gasteiger partial charge in [0.25, 0.3) is 0 Å². The quantitative estimate of drug-likeness (QED) is 0.671. The van der Waals surface area contributed by atoms with Crippen LogP contribution in [0.5, 0.6) is 5.75 Å². The van der Waals surface area contributed by atoms with Crippen molar-refractivity contribution in [2.75, 3.05) is 12.4 Å². The van der Waals surface area contributed by atoms with Gasteiger partial charge in [-0.1, -0.05) is 15.9 Å². The minimum Gasteiger partial charge on any atom is -0.497 e. The minimum absolute atomic E-state index is 0.261. The van der Waals surface area contributed by atoms with Crippen LogP contribution in [0, 0.1) is 10.1 Å². The van der Waals surface area contributed by atoms with Crippen LogP contribution in [0.4, 0.5) is 11.6 Å². The van der Waals surface area contributed by atoms with Gasteiger partial charge in [-0.15, -0.1) is 0 Å². The van der Waals surface area contributed by atoms with E-state index in [2.05, 4.69) is 21.2 Å². The molecule has 0 amide bonds. The second kappa shape index (κ2) is 5.75. The number of benzene rings is 1. The summed E-state index contributed by atoms with van der Waals surface area (Å²) in [5.74, 6) is 0.941. The summed E-state index contributed by atoms with van der Waals surface area (Å²) in [6, 6.07) is 8.43. The first-order chi connectivity index (χ1) is 9.08. The molecule has 1 N–H and O–H groups in total. The highest BCUT2D eigenvalue weighted by Crippen LogP contribution is 2.25. The molecule has 0 unspecified atom stereocenters. The Morgan fingerprint density at radius 3 is 2.84 bits per heavy atom. The first kappa shape index (κ1) is 13.4. The van der Waals surface area contributed by atoms with Gasteiger partial charge in [0, 0.05) is 16.2 Å². The molecule has 6 nitrogen and oxygen atoms in total. The summed E-state index contributed by atoms with van der Waals surface area (Å²) >= 11 is 3.37. The van der Waals surface area contributed by atoms with Crippen LogP contribution in [-0.2, 0) is 6.54 Å². The minimum atomic E-state index is -0.564. The number of nitrogens with one attached hydrogen (secondary N) is 1. The normalized spacial score (nSPS) is 10.2. The molecule has 0 aliphatic rings. The standard InChI is InChI=1S/C12H11BrN2O4/c1-18-11-5-8(13)4-9(6-11)14-7-10-2-3-12(19-10)15(16)17/h2-6,14H,7H2,1H3. The summed E-state index contributed by atoms with van der Waals surface area (Å²) in [5, 5.41) is 13.6. The van der Waals surface area contributed by atoms with Crippen LogP contribution in [0.3, 0.4) is 0 Å². The second-order valence-electron chi connectivity index (χ2n) is 3.73. The predicted octanol–water partition coefficient (Wildman–Crippen LogP) is 3.57. The van der Waals surface area contributed by atoms with Crippen LogP contribution >= 0.6 is 15.9 Å². The molecular formula is C12H11BrN2O4. The molecule has 2 rings (SSSR count). The van der Waals surface area contributed by atoms with E-state index in [0.29, 0.717) is 18.1 Å². The van der Waals surface area contributed by atoms with E-state index < -0.39 is 4.92 Å². The lowest BCUT2D eigenvalue weighted by Crippen LogP contribution is -1.98. The van der Waals surface area contributed by atoms with E-state index in [0.717, 1.165) is 10.2 Å². The average molecular weight is 327 g/mol. The number of nitrogens with zero attached hydrogens (tertiary/aromatic N) is 1. The highest BCUT2D eigenvalue weighted by molar-refractivity contribution is 9.10. The van der Waals surface area contributed by atoms with Crippen molar-refractivity contribution >= 4 is 27.5 Å². The van der Waals surface area contributed by atoms with Gasteiger partial charge in [-0.3, -0.25) is 10.1 Å². The fourth-order valence-corrected chi connectivity index (χ4v) is 2.00. The van der Waals surface area contributed by atoms with Crippen molar-refractivity contribution < 1.29 is 14.1 Å². The summed E-state index contributed by atoms with van der Waals surface area (Å²) in [5.41, 5.74) is 0.824. The fraction of sp³-hybridized carbons (Fsp3) is 0.167. The number of hydrogen-bond donors (Lipinski definition) is 1. The predicted molar refractivity (Wildman–Crippen MR) is 73.4 cm³/mol. The molecule has 0 saturated carbocycles. The number of ether oxygens (including phenoxy) is 1. The van der Waals surface area contributed by atoms with Crippen molar-refractivity contribution in [1.29, 1.82) is 0 Å². The molecule has 0 bridgehead atoms. The summed E-state index contributed by atoms with van der Waals surface area (Å²) in [6.45, 7) is 0.355. The van der Waals surface area contributed by atoms with Crippen LogP contribution in [0.15, 0.2) is 39.2 Å². The molecule has 100 valence electrons. The Hall–Kier alpha value is -2.02. The molecule has 0 atom stereocenters. The molecule has 1 aromatic carbocycles. The zero-order chi connectivity index (χ0) is 13.8. The molecule has 1 heterocycles. The van der Waals surface area contributed by atoms with Crippen LogP contribution in [0.25, 0.3) is 0 Å². The topological polar surface area (TPSA) is 77.5 Å². The van der Waals surface area contributed by atoms with Gasteiger partial charge in [-0.2, -0.15) is 0 Å². The van der Waals surface area contributed by atoms with Crippen LogP contribution in [-0.4, -0.2) is 12.0 Å². The van der Waals surface area contributed by atoms with E-state index in [4.69, 9.17) is 9.15 Å². The van der Waals surface area contributed by atoms with Crippen molar-refractivity contribution in [3.8, 4) is 5.75 Å². The fourth-order valence-electron chi connectivity index (χ4n) is 1.53. The van der Waals surface area contributed by atoms with E-state index in [1.165, 1.54) is 6.07 Å². The molecule has 0 saturated heterocycles. The number of nitro groups is 1.